The summed E-state index contributed by atoms with van der Waals surface area (Å²) in [5.74, 6) is 1.09. The van der Waals surface area contributed by atoms with Crippen LogP contribution in [0.15, 0.2) is 30.6 Å². The summed E-state index contributed by atoms with van der Waals surface area (Å²) in [5.41, 5.74) is 7.01. The number of nitrogen functional groups attached to an aromatic ring is 1. The van der Waals surface area contributed by atoms with Crippen molar-refractivity contribution < 1.29 is 4.39 Å². The van der Waals surface area contributed by atoms with Gasteiger partial charge in [0, 0.05) is 26.4 Å². The summed E-state index contributed by atoms with van der Waals surface area (Å²) < 4.78 is 15.0. The third kappa shape index (κ3) is 2.03. The molecule has 0 saturated carbocycles. The number of aromatic nitrogens is 4. The highest BCUT2D eigenvalue weighted by Gasteiger charge is 2.12. The molecule has 3 aromatic rings. The molecule has 0 saturated heterocycles. The highest BCUT2D eigenvalue weighted by Crippen LogP contribution is 2.21. The molecule has 3 rings (SSSR count). The third-order valence-corrected chi connectivity index (χ3v) is 2.89. The lowest BCUT2D eigenvalue weighted by Crippen LogP contribution is -2.12. The summed E-state index contributed by atoms with van der Waals surface area (Å²) in [6, 6.07) is 4.63. The van der Waals surface area contributed by atoms with Crippen LogP contribution in [0.5, 0.6) is 0 Å². The molecule has 20 heavy (non-hydrogen) atoms. The van der Waals surface area contributed by atoms with Crippen molar-refractivity contribution in [3.8, 4) is 11.5 Å². The molecule has 2 N–H and O–H groups in total. The molecule has 6 nitrogen and oxygen atoms in total. The topological polar surface area (TPSA) is 72.3 Å². The monoisotopic (exact) mass is 272 g/mol. The Morgan fingerprint density at radius 2 is 2.05 bits per heavy atom. The zero-order valence-corrected chi connectivity index (χ0v) is 11.1. The lowest BCUT2D eigenvalue weighted by atomic mass is 10.4. The van der Waals surface area contributed by atoms with Crippen LogP contribution in [0.4, 0.5) is 16.0 Å². The summed E-state index contributed by atoms with van der Waals surface area (Å²) in [4.78, 5) is 14.6. The van der Waals surface area contributed by atoms with E-state index in [4.69, 9.17) is 5.73 Å². The van der Waals surface area contributed by atoms with Crippen molar-refractivity contribution in [2.75, 3.05) is 24.7 Å². The van der Waals surface area contributed by atoms with Crippen LogP contribution in [0.2, 0.25) is 0 Å². The SMILES string of the molecule is CN(C)c1cc(N)nc(-c2cnc3ccc(F)cn23)n1. The molecule has 0 unspecified atom stereocenters. The van der Waals surface area contributed by atoms with Crippen molar-refractivity contribution in [2.24, 2.45) is 0 Å². The fourth-order valence-corrected chi connectivity index (χ4v) is 1.92. The van der Waals surface area contributed by atoms with E-state index in [0.717, 1.165) is 0 Å². The van der Waals surface area contributed by atoms with Crippen LogP contribution in [0.3, 0.4) is 0 Å². The smallest absolute Gasteiger partial charge is 0.182 e. The molecule has 0 aromatic carbocycles. The number of hydrogen-bond acceptors (Lipinski definition) is 5. The fourth-order valence-electron chi connectivity index (χ4n) is 1.92. The second-order valence-corrected chi connectivity index (χ2v) is 4.59. The minimum absolute atomic E-state index is 0.352. The van der Waals surface area contributed by atoms with E-state index in [1.807, 2.05) is 19.0 Å². The largest absolute Gasteiger partial charge is 0.384 e. The van der Waals surface area contributed by atoms with E-state index >= 15 is 0 Å². The molecule has 0 fully saturated rings. The van der Waals surface area contributed by atoms with Gasteiger partial charge < -0.3 is 10.6 Å². The maximum Gasteiger partial charge on any atom is 0.182 e. The molecule has 0 radical (unpaired) electrons. The molecule has 3 aromatic heterocycles. The van der Waals surface area contributed by atoms with Crippen LogP contribution in [0.1, 0.15) is 0 Å². The number of nitrogens with zero attached hydrogens (tertiary/aromatic N) is 5. The molecule has 0 aliphatic carbocycles. The van der Waals surface area contributed by atoms with Gasteiger partial charge in [-0.15, -0.1) is 0 Å². The number of pyridine rings is 1. The first-order valence-electron chi connectivity index (χ1n) is 5.99. The van der Waals surface area contributed by atoms with Crippen molar-refractivity contribution in [1.29, 1.82) is 0 Å². The normalized spacial score (nSPS) is 10.9. The third-order valence-electron chi connectivity index (χ3n) is 2.89. The summed E-state index contributed by atoms with van der Waals surface area (Å²) >= 11 is 0. The van der Waals surface area contributed by atoms with E-state index in [2.05, 4.69) is 15.0 Å². The molecule has 0 amide bonds. The van der Waals surface area contributed by atoms with E-state index in [-0.39, 0.29) is 5.82 Å². The Balaban J connectivity index is 2.22. The minimum Gasteiger partial charge on any atom is -0.384 e. The zero-order chi connectivity index (χ0) is 14.3. The van der Waals surface area contributed by atoms with Gasteiger partial charge in [0.1, 0.15) is 28.8 Å². The number of halogens is 1. The summed E-state index contributed by atoms with van der Waals surface area (Å²) in [5, 5.41) is 0. The predicted molar refractivity (Wildman–Crippen MR) is 74.9 cm³/mol. The van der Waals surface area contributed by atoms with Gasteiger partial charge in [-0.3, -0.25) is 4.40 Å². The number of fused-ring (bicyclic) bond motifs is 1. The highest BCUT2D eigenvalue weighted by molar-refractivity contribution is 5.61. The minimum atomic E-state index is -0.353. The Kier molecular flexibility index (Phi) is 2.74. The van der Waals surface area contributed by atoms with E-state index in [1.165, 1.54) is 12.3 Å². The Morgan fingerprint density at radius 1 is 1.25 bits per heavy atom. The number of imidazole rings is 1. The second-order valence-electron chi connectivity index (χ2n) is 4.59. The zero-order valence-electron chi connectivity index (χ0n) is 11.1. The van der Waals surface area contributed by atoms with Crippen molar-refractivity contribution in [3.63, 3.8) is 0 Å². The predicted octanol–water partition coefficient (Wildman–Crippen LogP) is 1.58. The average Bonchev–Trinajstić information content (AvgIpc) is 2.80. The molecule has 7 heteroatoms. The van der Waals surface area contributed by atoms with Crippen LogP contribution in [-0.4, -0.2) is 33.4 Å². The number of nitrogens with two attached hydrogens (primary N) is 1. The van der Waals surface area contributed by atoms with E-state index in [1.54, 1.807) is 22.7 Å². The van der Waals surface area contributed by atoms with Gasteiger partial charge in [-0.05, 0) is 12.1 Å². The molecule has 102 valence electrons. The maximum absolute atomic E-state index is 13.4. The van der Waals surface area contributed by atoms with E-state index in [0.29, 0.717) is 28.8 Å². The van der Waals surface area contributed by atoms with Gasteiger partial charge in [0.05, 0.1) is 6.20 Å². The van der Waals surface area contributed by atoms with Crippen LogP contribution < -0.4 is 10.6 Å². The van der Waals surface area contributed by atoms with Crippen molar-refractivity contribution in [3.05, 3.63) is 36.4 Å². The van der Waals surface area contributed by atoms with Gasteiger partial charge in [0.25, 0.3) is 0 Å². The standard InChI is InChI=1S/C13H13FN6/c1-19(2)12-5-10(15)17-13(18-12)9-6-16-11-4-3-8(14)7-20(9)11/h3-7H,1-2H3,(H2,15,17,18). The molecule has 0 aliphatic heterocycles. The number of anilines is 2. The number of hydrogen-bond donors (Lipinski definition) is 1. The van der Waals surface area contributed by atoms with Gasteiger partial charge in [-0.1, -0.05) is 0 Å². The van der Waals surface area contributed by atoms with Gasteiger partial charge in [-0.25, -0.2) is 19.3 Å². The maximum atomic E-state index is 13.4. The molecule has 3 heterocycles. The molecular weight excluding hydrogens is 259 g/mol. The van der Waals surface area contributed by atoms with Gasteiger partial charge in [0.2, 0.25) is 0 Å². The van der Waals surface area contributed by atoms with Crippen LogP contribution in [-0.2, 0) is 0 Å². The summed E-state index contributed by atoms with van der Waals surface area (Å²) in [6.07, 6.45) is 2.95. The summed E-state index contributed by atoms with van der Waals surface area (Å²) in [7, 11) is 3.72. The second kappa shape index (κ2) is 4.44. The van der Waals surface area contributed by atoms with Crippen LogP contribution in [0.25, 0.3) is 17.2 Å². The highest BCUT2D eigenvalue weighted by atomic mass is 19.1. The first kappa shape index (κ1) is 12.3. The van der Waals surface area contributed by atoms with Crippen LogP contribution in [0, 0.1) is 5.82 Å². The Hall–Kier alpha value is -2.70. The Morgan fingerprint density at radius 3 is 2.80 bits per heavy atom. The Bertz CT molecular complexity index is 780. The summed E-state index contributed by atoms with van der Waals surface area (Å²) in [6.45, 7) is 0. The van der Waals surface area contributed by atoms with E-state index < -0.39 is 0 Å². The van der Waals surface area contributed by atoms with Crippen LogP contribution >= 0.6 is 0 Å². The number of rotatable bonds is 2. The van der Waals surface area contributed by atoms with Gasteiger partial charge >= 0.3 is 0 Å². The van der Waals surface area contributed by atoms with Gasteiger partial charge in [0.15, 0.2) is 5.82 Å². The molecule has 0 spiro atoms. The lowest BCUT2D eigenvalue weighted by molar-refractivity contribution is 0.619. The average molecular weight is 272 g/mol. The fraction of sp³-hybridized carbons (Fsp3) is 0.154. The first-order valence-corrected chi connectivity index (χ1v) is 5.99. The first-order chi connectivity index (χ1) is 9.54. The molecule has 0 aliphatic rings. The Labute approximate surface area is 114 Å². The van der Waals surface area contributed by atoms with Gasteiger partial charge in [-0.2, -0.15) is 0 Å². The molecule has 0 atom stereocenters. The molecular formula is C13H13FN6. The lowest BCUT2D eigenvalue weighted by Gasteiger charge is -2.12. The van der Waals surface area contributed by atoms with Crippen molar-refractivity contribution in [2.45, 2.75) is 0 Å². The molecule has 0 bridgehead atoms. The quantitative estimate of drug-likeness (QED) is 0.766. The van der Waals surface area contributed by atoms with Crippen molar-refractivity contribution in [1.82, 2.24) is 19.4 Å². The van der Waals surface area contributed by atoms with Crippen molar-refractivity contribution >= 4 is 17.3 Å². The van der Waals surface area contributed by atoms with E-state index in [9.17, 15) is 4.39 Å².